The zero-order chi connectivity index (χ0) is 6.15. The summed E-state index contributed by atoms with van der Waals surface area (Å²) < 4.78 is 23.1. The van der Waals surface area contributed by atoms with Crippen LogP contribution < -0.4 is 0 Å². The number of halogens is 2. The van der Waals surface area contributed by atoms with Crippen molar-refractivity contribution >= 4 is 0 Å². The van der Waals surface area contributed by atoms with E-state index in [2.05, 4.69) is 0 Å². The van der Waals surface area contributed by atoms with Crippen LogP contribution in [0.25, 0.3) is 0 Å². The van der Waals surface area contributed by atoms with E-state index in [1.54, 1.807) is 0 Å². The summed E-state index contributed by atoms with van der Waals surface area (Å²) in [7, 11) is 0. The molecular weight excluding hydrogens is 110 g/mol. The molecule has 1 aliphatic rings. The Morgan fingerprint density at radius 3 is 2.12 bits per heavy atom. The van der Waals surface area contributed by atoms with Crippen LogP contribution in [0.1, 0.15) is 19.8 Å². The molecule has 0 nitrogen and oxygen atoms in total. The Balaban J connectivity index is 2.45. The largest absolute Gasteiger partial charge is 0.269 e. The Bertz CT molecular complexity index is 114. The van der Waals surface area contributed by atoms with Crippen LogP contribution in [0.5, 0.6) is 0 Å². The highest BCUT2D eigenvalue weighted by Crippen LogP contribution is 2.35. The van der Waals surface area contributed by atoms with Gasteiger partial charge >= 0.3 is 0 Å². The third kappa shape index (κ3) is 0.881. The second-order valence-corrected chi connectivity index (χ2v) is 2.38. The van der Waals surface area contributed by atoms with Gasteiger partial charge in [0, 0.05) is 0 Å². The highest BCUT2D eigenvalue weighted by molar-refractivity contribution is 5.12. The van der Waals surface area contributed by atoms with E-state index in [0.717, 1.165) is 0 Å². The smallest absolute Gasteiger partial charge is 0.173 e. The molecule has 0 aliphatic heterocycles. The van der Waals surface area contributed by atoms with Gasteiger partial charge in [0.1, 0.15) is 0 Å². The molecule has 0 amide bonds. The third-order valence-electron chi connectivity index (χ3n) is 1.46. The van der Waals surface area contributed by atoms with Gasteiger partial charge in [-0.1, -0.05) is 6.92 Å². The average Bonchev–Trinajstić information content (AvgIpc) is 1.57. The number of hydrogen-bond acceptors (Lipinski definition) is 0. The van der Waals surface area contributed by atoms with E-state index in [4.69, 9.17) is 0 Å². The van der Waals surface area contributed by atoms with Gasteiger partial charge < -0.3 is 0 Å². The van der Waals surface area contributed by atoms with E-state index >= 15 is 0 Å². The molecule has 0 saturated heterocycles. The van der Waals surface area contributed by atoms with Crippen molar-refractivity contribution in [1.29, 1.82) is 0 Å². The standard InChI is InChI=1S/C6H8F2/c1-4-2-5(3-4)6(7)8/h4H,2-3H2,1H3. The molecule has 8 heavy (non-hydrogen) atoms. The lowest BCUT2D eigenvalue weighted by Gasteiger charge is -2.23. The van der Waals surface area contributed by atoms with Gasteiger partial charge in [-0.2, -0.15) is 8.78 Å². The topological polar surface area (TPSA) is 0 Å². The molecule has 46 valence electrons. The van der Waals surface area contributed by atoms with Gasteiger partial charge in [-0.3, -0.25) is 0 Å². The molecule has 0 radical (unpaired) electrons. The Kier molecular flexibility index (Phi) is 1.32. The summed E-state index contributed by atoms with van der Waals surface area (Å²) in [6.07, 6.45) is -0.229. The van der Waals surface area contributed by atoms with Crippen LogP contribution in [0, 0.1) is 5.92 Å². The van der Waals surface area contributed by atoms with Crippen LogP contribution in [0.2, 0.25) is 0 Å². The van der Waals surface area contributed by atoms with E-state index in [1.807, 2.05) is 6.92 Å². The van der Waals surface area contributed by atoms with Crippen LogP contribution >= 0.6 is 0 Å². The first-order valence-electron chi connectivity index (χ1n) is 2.73. The number of allylic oxidation sites excluding steroid dienone is 1. The van der Waals surface area contributed by atoms with Gasteiger partial charge in [0.15, 0.2) is 0 Å². The lowest BCUT2D eigenvalue weighted by atomic mass is 9.82. The summed E-state index contributed by atoms with van der Waals surface area (Å²) in [4.78, 5) is 0. The summed E-state index contributed by atoms with van der Waals surface area (Å²) in [5.74, 6) is 0.492. The van der Waals surface area contributed by atoms with Gasteiger partial charge in [-0.15, -0.1) is 0 Å². The average molecular weight is 118 g/mol. The Hall–Kier alpha value is -0.400. The van der Waals surface area contributed by atoms with Crippen molar-refractivity contribution in [2.24, 2.45) is 5.92 Å². The maximum absolute atomic E-state index is 11.5. The molecular formula is C6H8F2. The van der Waals surface area contributed by atoms with Crippen molar-refractivity contribution in [2.75, 3.05) is 0 Å². The summed E-state index contributed by atoms with van der Waals surface area (Å²) >= 11 is 0. The molecule has 0 aromatic carbocycles. The second kappa shape index (κ2) is 1.84. The van der Waals surface area contributed by atoms with Crippen LogP contribution in [-0.2, 0) is 0 Å². The number of hydrogen-bond donors (Lipinski definition) is 0. The SMILES string of the molecule is CC1CC(=C(F)F)C1. The highest BCUT2D eigenvalue weighted by Gasteiger charge is 2.22. The predicted molar refractivity (Wildman–Crippen MR) is 27.6 cm³/mol. The first-order valence-corrected chi connectivity index (χ1v) is 2.73. The number of rotatable bonds is 0. The fourth-order valence-corrected chi connectivity index (χ4v) is 0.936. The molecule has 0 aromatic heterocycles. The normalized spacial score (nSPS) is 27.4. The van der Waals surface area contributed by atoms with E-state index in [-0.39, 0.29) is 0 Å². The van der Waals surface area contributed by atoms with E-state index < -0.39 is 6.08 Å². The molecule has 1 aliphatic carbocycles. The van der Waals surface area contributed by atoms with Crippen molar-refractivity contribution in [3.8, 4) is 0 Å². The third-order valence-corrected chi connectivity index (χ3v) is 1.46. The van der Waals surface area contributed by atoms with Gasteiger partial charge in [-0.05, 0) is 24.3 Å². The van der Waals surface area contributed by atoms with Crippen LogP contribution in [-0.4, -0.2) is 0 Å². The molecule has 0 atom stereocenters. The van der Waals surface area contributed by atoms with Gasteiger partial charge in [0.05, 0.1) is 0 Å². The molecule has 0 heterocycles. The minimum Gasteiger partial charge on any atom is -0.173 e. The van der Waals surface area contributed by atoms with Gasteiger partial charge in [0.2, 0.25) is 0 Å². The minimum atomic E-state index is -1.46. The quantitative estimate of drug-likeness (QED) is 0.458. The maximum Gasteiger partial charge on any atom is 0.269 e. The molecule has 2 heteroatoms. The van der Waals surface area contributed by atoms with Gasteiger partial charge in [-0.25, -0.2) is 0 Å². The predicted octanol–water partition coefficient (Wildman–Crippen LogP) is 2.57. The lowest BCUT2D eigenvalue weighted by Crippen LogP contribution is -2.10. The van der Waals surface area contributed by atoms with Crippen molar-refractivity contribution in [3.63, 3.8) is 0 Å². The second-order valence-electron chi connectivity index (χ2n) is 2.38. The molecule has 0 bridgehead atoms. The van der Waals surface area contributed by atoms with E-state index in [9.17, 15) is 8.78 Å². The molecule has 1 saturated carbocycles. The minimum absolute atomic E-state index is 0.359. The van der Waals surface area contributed by atoms with Crippen molar-refractivity contribution < 1.29 is 8.78 Å². The molecule has 0 unspecified atom stereocenters. The van der Waals surface area contributed by atoms with Gasteiger partial charge in [0.25, 0.3) is 6.08 Å². The summed E-state index contributed by atoms with van der Waals surface area (Å²) in [6, 6.07) is 0. The fraction of sp³-hybridized carbons (Fsp3) is 0.667. The maximum atomic E-state index is 11.5. The summed E-state index contributed by atoms with van der Waals surface area (Å²) in [5.41, 5.74) is 0.359. The molecule has 0 N–H and O–H groups in total. The lowest BCUT2D eigenvalue weighted by molar-refractivity contribution is 0.353. The Morgan fingerprint density at radius 1 is 1.50 bits per heavy atom. The molecule has 1 fully saturated rings. The van der Waals surface area contributed by atoms with Crippen LogP contribution in [0.3, 0.4) is 0 Å². The Morgan fingerprint density at radius 2 is 2.00 bits per heavy atom. The van der Waals surface area contributed by atoms with E-state index in [1.165, 1.54) is 0 Å². The van der Waals surface area contributed by atoms with E-state index in [0.29, 0.717) is 24.3 Å². The summed E-state index contributed by atoms with van der Waals surface area (Å²) in [6.45, 7) is 1.98. The monoisotopic (exact) mass is 118 g/mol. The fourth-order valence-electron chi connectivity index (χ4n) is 0.936. The zero-order valence-electron chi connectivity index (χ0n) is 4.75. The van der Waals surface area contributed by atoms with Crippen LogP contribution in [0.4, 0.5) is 8.78 Å². The molecule has 1 rings (SSSR count). The molecule has 0 spiro atoms. The van der Waals surface area contributed by atoms with Crippen LogP contribution in [0.15, 0.2) is 11.7 Å². The first kappa shape index (κ1) is 5.73. The Labute approximate surface area is 47.2 Å². The van der Waals surface area contributed by atoms with Crippen molar-refractivity contribution in [1.82, 2.24) is 0 Å². The summed E-state index contributed by atoms with van der Waals surface area (Å²) in [5, 5.41) is 0. The van der Waals surface area contributed by atoms with Crippen molar-refractivity contribution in [2.45, 2.75) is 19.8 Å². The highest BCUT2D eigenvalue weighted by atomic mass is 19.3. The van der Waals surface area contributed by atoms with Crippen molar-refractivity contribution in [3.05, 3.63) is 11.7 Å². The first-order chi connectivity index (χ1) is 3.70. The zero-order valence-corrected chi connectivity index (χ0v) is 4.75. The molecule has 0 aromatic rings.